The molecule has 0 bridgehead atoms. The SMILES string of the molecule is CCC(C)C1CCCCN=C1OC. The standard InChI is InChI=1S/C11H21NO/c1-4-9(2)10-7-5-6-8-12-11(10)13-3/h9-10H,4-8H2,1-3H3. The van der Waals surface area contributed by atoms with Gasteiger partial charge in [0.15, 0.2) is 5.90 Å². The number of hydrogen-bond acceptors (Lipinski definition) is 2. The van der Waals surface area contributed by atoms with Crippen LogP contribution in [0.15, 0.2) is 4.99 Å². The fourth-order valence-corrected chi connectivity index (χ4v) is 1.93. The summed E-state index contributed by atoms with van der Waals surface area (Å²) in [6.07, 6.45) is 4.99. The zero-order valence-electron chi connectivity index (χ0n) is 9.05. The second-order valence-electron chi connectivity index (χ2n) is 3.91. The predicted octanol–water partition coefficient (Wildman–Crippen LogP) is 2.88. The first-order chi connectivity index (χ1) is 6.29. The number of methoxy groups -OCH3 is 1. The summed E-state index contributed by atoms with van der Waals surface area (Å²) >= 11 is 0. The fourth-order valence-electron chi connectivity index (χ4n) is 1.93. The highest BCUT2D eigenvalue weighted by atomic mass is 16.5. The van der Waals surface area contributed by atoms with Gasteiger partial charge in [0.1, 0.15) is 0 Å². The van der Waals surface area contributed by atoms with Crippen LogP contribution in [0, 0.1) is 11.8 Å². The molecule has 0 fully saturated rings. The molecule has 0 aliphatic carbocycles. The Hall–Kier alpha value is -0.530. The van der Waals surface area contributed by atoms with Crippen LogP contribution in [-0.4, -0.2) is 19.6 Å². The molecular weight excluding hydrogens is 162 g/mol. The maximum atomic E-state index is 5.36. The van der Waals surface area contributed by atoms with Gasteiger partial charge in [-0.25, -0.2) is 0 Å². The molecule has 2 unspecified atom stereocenters. The normalized spacial score (nSPS) is 26.1. The largest absolute Gasteiger partial charge is 0.484 e. The van der Waals surface area contributed by atoms with Crippen LogP contribution >= 0.6 is 0 Å². The lowest BCUT2D eigenvalue weighted by Gasteiger charge is -2.21. The van der Waals surface area contributed by atoms with Gasteiger partial charge in [-0.05, 0) is 18.8 Å². The van der Waals surface area contributed by atoms with Crippen molar-refractivity contribution in [1.82, 2.24) is 0 Å². The minimum atomic E-state index is 0.567. The molecule has 1 heterocycles. The van der Waals surface area contributed by atoms with Gasteiger partial charge in [0.05, 0.1) is 7.11 Å². The van der Waals surface area contributed by atoms with Crippen molar-refractivity contribution in [3.05, 3.63) is 0 Å². The average Bonchev–Trinajstić information content (AvgIpc) is 2.41. The molecule has 76 valence electrons. The molecule has 2 nitrogen and oxygen atoms in total. The zero-order valence-corrected chi connectivity index (χ0v) is 9.05. The molecular formula is C11H21NO. The van der Waals surface area contributed by atoms with Gasteiger partial charge < -0.3 is 4.74 Å². The molecule has 2 heteroatoms. The summed E-state index contributed by atoms with van der Waals surface area (Å²) in [5.41, 5.74) is 0. The summed E-state index contributed by atoms with van der Waals surface area (Å²) in [4.78, 5) is 4.49. The van der Waals surface area contributed by atoms with Gasteiger partial charge >= 0.3 is 0 Å². The smallest absolute Gasteiger partial charge is 0.186 e. The first-order valence-electron chi connectivity index (χ1n) is 5.38. The maximum Gasteiger partial charge on any atom is 0.186 e. The van der Waals surface area contributed by atoms with Gasteiger partial charge in [0.25, 0.3) is 0 Å². The summed E-state index contributed by atoms with van der Waals surface area (Å²) in [6, 6.07) is 0. The van der Waals surface area contributed by atoms with Crippen molar-refractivity contribution in [2.75, 3.05) is 13.7 Å². The van der Waals surface area contributed by atoms with Crippen LogP contribution in [0.4, 0.5) is 0 Å². The minimum absolute atomic E-state index is 0.567. The van der Waals surface area contributed by atoms with Crippen LogP contribution in [0.1, 0.15) is 39.5 Å². The van der Waals surface area contributed by atoms with Crippen molar-refractivity contribution in [3.8, 4) is 0 Å². The maximum absolute atomic E-state index is 5.36. The Labute approximate surface area is 81.4 Å². The lowest BCUT2D eigenvalue weighted by atomic mass is 9.88. The van der Waals surface area contributed by atoms with Gasteiger partial charge in [0, 0.05) is 12.5 Å². The van der Waals surface area contributed by atoms with E-state index in [4.69, 9.17) is 4.74 Å². The Balaban J connectivity index is 2.66. The van der Waals surface area contributed by atoms with E-state index in [9.17, 15) is 0 Å². The predicted molar refractivity (Wildman–Crippen MR) is 56.1 cm³/mol. The Morgan fingerprint density at radius 1 is 1.54 bits per heavy atom. The Morgan fingerprint density at radius 3 is 2.92 bits per heavy atom. The Bertz CT molecular complexity index is 177. The summed E-state index contributed by atoms with van der Waals surface area (Å²) in [6.45, 7) is 5.49. The van der Waals surface area contributed by atoms with Crippen LogP contribution in [0.25, 0.3) is 0 Å². The number of ether oxygens (including phenoxy) is 1. The first-order valence-corrected chi connectivity index (χ1v) is 5.38. The molecule has 1 aliphatic heterocycles. The molecule has 0 saturated carbocycles. The number of hydrogen-bond donors (Lipinski definition) is 0. The summed E-state index contributed by atoms with van der Waals surface area (Å²) in [5.74, 6) is 2.26. The molecule has 0 aromatic carbocycles. The monoisotopic (exact) mass is 183 g/mol. The third-order valence-electron chi connectivity index (χ3n) is 3.05. The summed E-state index contributed by atoms with van der Waals surface area (Å²) in [7, 11) is 1.75. The van der Waals surface area contributed by atoms with Crippen LogP contribution in [0.5, 0.6) is 0 Å². The van der Waals surface area contributed by atoms with E-state index in [2.05, 4.69) is 18.8 Å². The fraction of sp³-hybridized carbons (Fsp3) is 0.909. The third-order valence-corrected chi connectivity index (χ3v) is 3.05. The second-order valence-corrected chi connectivity index (χ2v) is 3.91. The summed E-state index contributed by atoms with van der Waals surface area (Å²) in [5, 5.41) is 0. The van der Waals surface area contributed by atoms with E-state index in [1.54, 1.807) is 7.11 Å². The van der Waals surface area contributed by atoms with Gasteiger partial charge in [-0.15, -0.1) is 0 Å². The lowest BCUT2D eigenvalue weighted by molar-refractivity contribution is 0.312. The highest BCUT2D eigenvalue weighted by molar-refractivity contribution is 5.79. The van der Waals surface area contributed by atoms with Gasteiger partial charge in [-0.2, -0.15) is 0 Å². The molecule has 0 spiro atoms. The highest BCUT2D eigenvalue weighted by Crippen LogP contribution is 2.25. The average molecular weight is 183 g/mol. The molecule has 0 radical (unpaired) electrons. The van der Waals surface area contributed by atoms with Crippen LogP contribution in [0.3, 0.4) is 0 Å². The van der Waals surface area contributed by atoms with E-state index in [-0.39, 0.29) is 0 Å². The lowest BCUT2D eigenvalue weighted by Crippen LogP contribution is -2.22. The van der Waals surface area contributed by atoms with Gasteiger partial charge in [0.2, 0.25) is 0 Å². The van der Waals surface area contributed by atoms with Crippen molar-refractivity contribution in [1.29, 1.82) is 0 Å². The first kappa shape index (κ1) is 10.6. The molecule has 13 heavy (non-hydrogen) atoms. The number of aliphatic imine (C=N–C) groups is 1. The van der Waals surface area contributed by atoms with Gasteiger partial charge in [-0.1, -0.05) is 26.7 Å². The quantitative estimate of drug-likeness (QED) is 0.645. The second kappa shape index (κ2) is 5.25. The van der Waals surface area contributed by atoms with Crippen molar-refractivity contribution < 1.29 is 4.74 Å². The molecule has 0 N–H and O–H groups in total. The third kappa shape index (κ3) is 2.71. The minimum Gasteiger partial charge on any atom is -0.484 e. The van der Waals surface area contributed by atoms with E-state index in [0.29, 0.717) is 11.8 Å². The highest BCUT2D eigenvalue weighted by Gasteiger charge is 2.23. The van der Waals surface area contributed by atoms with Crippen LogP contribution in [-0.2, 0) is 4.74 Å². The topological polar surface area (TPSA) is 21.6 Å². The molecule has 0 aromatic heterocycles. The van der Waals surface area contributed by atoms with Crippen molar-refractivity contribution in [2.45, 2.75) is 39.5 Å². The van der Waals surface area contributed by atoms with E-state index in [0.717, 1.165) is 12.4 Å². The van der Waals surface area contributed by atoms with E-state index >= 15 is 0 Å². The molecule has 0 amide bonds. The van der Waals surface area contributed by atoms with Crippen LogP contribution in [0.2, 0.25) is 0 Å². The van der Waals surface area contributed by atoms with Crippen molar-refractivity contribution in [3.63, 3.8) is 0 Å². The zero-order chi connectivity index (χ0) is 9.68. The molecule has 0 aromatic rings. The number of nitrogens with zero attached hydrogens (tertiary/aromatic N) is 1. The van der Waals surface area contributed by atoms with E-state index in [1.165, 1.54) is 25.7 Å². The van der Waals surface area contributed by atoms with E-state index < -0.39 is 0 Å². The number of rotatable bonds is 2. The van der Waals surface area contributed by atoms with E-state index in [1.807, 2.05) is 0 Å². The van der Waals surface area contributed by atoms with Crippen molar-refractivity contribution in [2.24, 2.45) is 16.8 Å². The summed E-state index contributed by atoms with van der Waals surface area (Å²) < 4.78 is 5.36. The molecule has 1 aliphatic rings. The molecule has 1 rings (SSSR count). The van der Waals surface area contributed by atoms with Crippen molar-refractivity contribution >= 4 is 5.90 Å². The van der Waals surface area contributed by atoms with Gasteiger partial charge in [-0.3, -0.25) is 4.99 Å². The Morgan fingerprint density at radius 2 is 2.31 bits per heavy atom. The Kier molecular flexibility index (Phi) is 4.26. The molecule has 2 atom stereocenters. The molecule has 0 saturated heterocycles. The van der Waals surface area contributed by atoms with Crippen LogP contribution < -0.4 is 0 Å².